The number of pyridine rings is 1. The number of hydrogen-bond donors (Lipinski definition) is 2. The Morgan fingerprint density at radius 2 is 2.00 bits per heavy atom. The summed E-state index contributed by atoms with van der Waals surface area (Å²) in [6, 6.07) is 10.0. The first-order valence-corrected chi connectivity index (χ1v) is 5.41. The summed E-state index contributed by atoms with van der Waals surface area (Å²) in [7, 11) is 0. The van der Waals surface area contributed by atoms with Gasteiger partial charge in [-0.2, -0.15) is 0 Å². The van der Waals surface area contributed by atoms with Gasteiger partial charge in [-0.25, -0.2) is 4.79 Å². The second-order valence-corrected chi connectivity index (χ2v) is 4.00. The minimum absolute atomic E-state index is 0.0384. The quantitative estimate of drug-likeness (QED) is 0.640. The van der Waals surface area contributed by atoms with E-state index in [9.17, 15) is 9.90 Å². The Kier molecular flexibility index (Phi) is 2.16. The van der Waals surface area contributed by atoms with Crippen molar-refractivity contribution in [1.82, 2.24) is 4.98 Å². The van der Waals surface area contributed by atoms with Gasteiger partial charge in [-0.3, -0.25) is 4.98 Å². The van der Waals surface area contributed by atoms with E-state index in [1.54, 1.807) is 24.4 Å². The van der Waals surface area contributed by atoms with E-state index in [0.29, 0.717) is 16.3 Å². The van der Waals surface area contributed by atoms with E-state index < -0.39 is 5.97 Å². The molecule has 0 spiro atoms. The van der Waals surface area contributed by atoms with Crippen molar-refractivity contribution in [1.29, 1.82) is 0 Å². The molecule has 4 nitrogen and oxygen atoms in total. The highest BCUT2D eigenvalue weighted by Gasteiger charge is 2.14. The standard InChI is InChI=1S/C14H9NO3/c16-11-7-8-3-2-6-15-13(8)9-4-1-5-10(12(9)11)14(17)18/h1-7,16H,(H,17,18). The van der Waals surface area contributed by atoms with Crippen LogP contribution in [0.3, 0.4) is 0 Å². The molecule has 88 valence electrons. The van der Waals surface area contributed by atoms with Crippen molar-refractivity contribution in [3.63, 3.8) is 0 Å². The maximum Gasteiger partial charge on any atom is 0.336 e. The van der Waals surface area contributed by atoms with Crippen LogP contribution in [0.25, 0.3) is 21.7 Å². The molecule has 2 aromatic carbocycles. The van der Waals surface area contributed by atoms with Crippen LogP contribution in [0, 0.1) is 0 Å². The SMILES string of the molecule is O=C(O)c1cccc2c1c(O)cc1cccnc12. The number of phenols is 1. The summed E-state index contributed by atoms with van der Waals surface area (Å²) < 4.78 is 0. The molecule has 1 heterocycles. The summed E-state index contributed by atoms with van der Waals surface area (Å²) in [5.74, 6) is -1.10. The number of hydrogen-bond acceptors (Lipinski definition) is 3. The van der Waals surface area contributed by atoms with E-state index in [2.05, 4.69) is 4.98 Å². The van der Waals surface area contributed by atoms with Crippen molar-refractivity contribution >= 4 is 27.6 Å². The molecule has 0 atom stereocenters. The smallest absolute Gasteiger partial charge is 0.336 e. The Labute approximate surface area is 102 Å². The first-order chi connectivity index (χ1) is 8.68. The van der Waals surface area contributed by atoms with Crippen LogP contribution in [0.2, 0.25) is 0 Å². The van der Waals surface area contributed by atoms with Crippen molar-refractivity contribution < 1.29 is 15.0 Å². The number of rotatable bonds is 1. The molecule has 0 bridgehead atoms. The molecule has 0 radical (unpaired) electrons. The Balaban J connectivity index is 2.59. The van der Waals surface area contributed by atoms with E-state index in [4.69, 9.17) is 5.11 Å². The Morgan fingerprint density at radius 3 is 2.78 bits per heavy atom. The number of carboxylic acid groups (broad SMARTS) is 1. The molecule has 4 heteroatoms. The second kappa shape index (κ2) is 3.70. The van der Waals surface area contributed by atoms with Crippen LogP contribution in [0.4, 0.5) is 0 Å². The normalized spacial score (nSPS) is 10.9. The molecular formula is C14H9NO3. The Morgan fingerprint density at radius 1 is 1.17 bits per heavy atom. The van der Waals surface area contributed by atoms with Gasteiger partial charge in [-0.15, -0.1) is 0 Å². The zero-order chi connectivity index (χ0) is 12.7. The maximum atomic E-state index is 11.2. The molecule has 3 rings (SSSR count). The predicted octanol–water partition coefficient (Wildman–Crippen LogP) is 2.79. The van der Waals surface area contributed by atoms with Gasteiger partial charge in [0.15, 0.2) is 0 Å². The van der Waals surface area contributed by atoms with E-state index in [1.165, 1.54) is 12.1 Å². The summed E-state index contributed by atoms with van der Waals surface area (Å²) >= 11 is 0. The van der Waals surface area contributed by atoms with E-state index >= 15 is 0 Å². The monoisotopic (exact) mass is 239 g/mol. The van der Waals surface area contributed by atoms with Crippen molar-refractivity contribution in [2.75, 3.05) is 0 Å². The van der Waals surface area contributed by atoms with Crippen LogP contribution in [0.1, 0.15) is 10.4 Å². The third kappa shape index (κ3) is 1.39. The van der Waals surface area contributed by atoms with E-state index in [-0.39, 0.29) is 11.3 Å². The molecule has 0 amide bonds. The fraction of sp³-hybridized carbons (Fsp3) is 0. The van der Waals surface area contributed by atoms with Crippen LogP contribution < -0.4 is 0 Å². The topological polar surface area (TPSA) is 70.4 Å². The first-order valence-electron chi connectivity index (χ1n) is 5.41. The molecular weight excluding hydrogens is 230 g/mol. The Bertz CT molecular complexity index is 780. The van der Waals surface area contributed by atoms with E-state index in [0.717, 1.165) is 5.39 Å². The third-order valence-electron chi connectivity index (χ3n) is 2.94. The second-order valence-electron chi connectivity index (χ2n) is 4.00. The minimum atomic E-state index is -1.06. The van der Waals surface area contributed by atoms with Crippen LogP contribution in [0.5, 0.6) is 5.75 Å². The molecule has 0 aliphatic heterocycles. The van der Waals surface area contributed by atoms with Gasteiger partial charge in [0.25, 0.3) is 0 Å². The highest BCUT2D eigenvalue weighted by molar-refractivity contribution is 6.15. The van der Waals surface area contributed by atoms with Gasteiger partial charge < -0.3 is 10.2 Å². The van der Waals surface area contributed by atoms with Gasteiger partial charge in [0.2, 0.25) is 0 Å². The summed E-state index contributed by atoms with van der Waals surface area (Å²) in [5, 5.41) is 20.9. The molecule has 18 heavy (non-hydrogen) atoms. The van der Waals surface area contributed by atoms with Crippen LogP contribution in [0.15, 0.2) is 42.6 Å². The van der Waals surface area contributed by atoms with Crippen LogP contribution >= 0.6 is 0 Å². The number of nitrogens with zero attached hydrogens (tertiary/aromatic N) is 1. The average molecular weight is 239 g/mol. The zero-order valence-corrected chi connectivity index (χ0v) is 9.29. The van der Waals surface area contributed by atoms with E-state index in [1.807, 2.05) is 6.07 Å². The van der Waals surface area contributed by atoms with Gasteiger partial charge >= 0.3 is 5.97 Å². The van der Waals surface area contributed by atoms with Crippen molar-refractivity contribution in [3.05, 3.63) is 48.2 Å². The highest BCUT2D eigenvalue weighted by Crippen LogP contribution is 2.33. The molecule has 0 saturated heterocycles. The average Bonchev–Trinajstić information content (AvgIpc) is 2.38. The molecule has 0 saturated carbocycles. The number of benzene rings is 2. The Hall–Kier alpha value is -2.62. The van der Waals surface area contributed by atoms with Gasteiger partial charge in [0.05, 0.1) is 11.1 Å². The molecule has 2 N–H and O–H groups in total. The van der Waals surface area contributed by atoms with Crippen molar-refractivity contribution in [2.45, 2.75) is 0 Å². The van der Waals surface area contributed by atoms with Crippen molar-refractivity contribution in [2.24, 2.45) is 0 Å². The molecule has 0 fully saturated rings. The lowest BCUT2D eigenvalue weighted by molar-refractivity contribution is 0.0699. The number of carbonyl (C=O) groups is 1. The highest BCUT2D eigenvalue weighted by atomic mass is 16.4. The number of fused-ring (bicyclic) bond motifs is 3. The number of carboxylic acids is 1. The lowest BCUT2D eigenvalue weighted by Gasteiger charge is -2.07. The number of phenolic OH excluding ortho intramolecular Hbond substituents is 1. The van der Waals surface area contributed by atoms with Gasteiger partial charge in [0, 0.05) is 22.4 Å². The molecule has 0 aliphatic carbocycles. The molecule has 0 unspecified atom stereocenters. The lowest BCUT2D eigenvalue weighted by atomic mass is 10.0. The van der Waals surface area contributed by atoms with Gasteiger partial charge in [0.1, 0.15) is 5.75 Å². The third-order valence-corrected chi connectivity index (χ3v) is 2.94. The molecule has 3 aromatic rings. The summed E-state index contributed by atoms with van der Waals surface area (Å²) in [4.78, 5) is 15.4. The predicted molar refractivity (Wildman–Crippen MR) is 67.9 cm³/mol. The van der Waals surface area contributed by atoms with Crippen LogP contribution in [-0.4, -0.2) is 21.2 Å². The van der Waals surface area contributed by atoms with Crippen LogP contribution in [-0.2, 0) is 0 Å². The number of aromatic carboxylic acids is 1. The zero-order valence-electron chi connectivity index (χ0n) is 9.29. The summed E-state index contributed by atoms with van der Waals surface area (Å²) in [5.41, 5.74) is 0.769. The number of aromatic nitrogens is 1. The maximum absolute atomic E-state index is 11.2. The first kappa shape index (κ1) is 10.5. The fourth-order valence-corrected chi connectivity index (χ4v) is 2.18. The lowest BCUT2D eigenvalue weighted by Crippen LogP contribution is -1.97. The fourth-order valence-electron chi connectivity index (χ4n) is 2.18. The van der Waals surface area contributed by atoms with Crippen molar-refractivity contribution in [3.8, 4) is 5.75 Å². The molecule has 0 aliphatic rings. The minimum Gasteiger partial charge on any atom is -0.507 e. The molecule has 1 aromatic heterocycles. The van der Waals surface area contributed by atoms with Gasteiger partial charge in [-0.1, -0.05) is 18.2 Å². The largest absolute Gasteiger partial charge is 0.507 e. The summed E-state index contributed by atoms with van der Waals surface area (Å²) in [6.07, 6.45) is 1.65. The van der Waals surface area contributed by atoms with Gasteiger partial charge in [-0.05, 0) is 18.2 Å². The number of aromatic hydroxyl groups is 1. The summed E-state index contributed by atoms with van der Waals surface area (Å²) in [6.45, 7) is 0.